The summed E-state index contributed by atoms with van der Waals surface area (Å²) in [4.78, 5) is 34.0. The second-order valence-electron chi connectivity index (χ2n) is 9.19. The van der Waals surface area contributed by atoms with Crippen LogP contribution in [0.25, 0.3) is 11.2 Å². The summed E-state index contributed by atoms with van der Waals surface area (Å²) in [6.45, 7) is 13.9. The third-order valence-electron chi connectivity index (χ3n) is 5.42. The molecular formula is C22H40ClN5O7P2. The minimum absolute atomic E-state index is 0.0849. The maximum atomic E-state index is 13.0. The van der Waals surface area contributed by atoms with Crippen LogP contribution < -0.4 is 0 Å². The number of hydrogen-bond acceptors (Lipinski definition) is 9. The van der Waals surface area contributed by atoms with Crippen LogP contribution in [0.3, 0.4) is 0 Å². The summed E-state index contributed by atoms with van der Waals surface area (Å²) in [5.41, 5.74) is 1.20. The largest absolute Gasteiger partial charge is 0.367 e. The monoisotopic (exact) mass is 583 g/mol. The third-order valence-corrected chi connectivity index (χ3v) is 8.26. The van der Waals surface area contributed by atoms with Crippen LogP contribution in [-0.2, 0) is 29.5 Å². The molecule has 0 aliphatic rings. The number of aromatic nitrogens is 4. The van der Waals surface area contributed by atoms with Gasteiger partial charge in [0, 0.05) is 38.0 Å². The molecule has 15 heteroatoms. The Labute approximate surface area is 223 Å². The van der Waals surface area contributed by atoms with Gasteiger partial charge in [0.05, 0.1) is 26.0 Å². The van der Waals surface area contributed by atoms with E-state index in [1.54, 1.807) is 13.8 Å². The molecule has 0 unspecified atom stereocenters. The molecule has 0 amide bonds. The Morgan fingerprint density at radius 1 is 0.973 bits per heavy atom. The Kier molecular flexibility index (Phi) is 12.6. The second kappa shape index (κ2) is 14.4. The molecule has 12 nitrogen and oxygen atoms in total. The van der Waals surface area contributed by atoms with Crippen LogP contribution in [0.5, 0.6) is 0 Å². The number of ether oxygens (including phenoxy) is 1. The van der Waals surface area contributed by atoms with E-state index in [0.29, 0.717) is 48.3 Å². The number of hydrogen-bond donors (Lipinski definition) is 2. The van der Waals surface area contributed by atoms with E-state index < -0.39 is 21.5 Å². The zero-order valence-corrected chi connectivity index (χ0v) is 25.0. The van der Waals surface area contributed by atoms with Gasteiger partial charge in [-0.15, -0.1) is 0 Å². The summed E-state index contributed by atoms with van der Waals surface area (Å²) in [6.07, 6.45) is -0.491. The highest BCUT2D eigenvalue weighted by Crippen LogP contribution is 2.47. The van der Waals surface area contributed by atoms with Crippen molar-refractivity contribution in [3.63, 3.8) is 0 Å². The van der Waals surface area contributed by atoms with Gasteiger partial charge in [0.2, 0.25) is 0 Å². The van der Waals surface area contributed by atoms with Gasteiger partial charge in [-0.05, 0) is 13.8 Å². The van der Waals surface area contributed by atoms with Gasteiger partial charge in [0.15, 0.2) is 10.8 Å². The average molecular weight is 584 g/mol. The van der Waals surface area contributed by atoms with Crippen LogP contribution in [0.1, 0.15) is 65.0 Å². The average Bonchev–Trinajstić information content (AvgIpc) is 3.17. The minimum atomic E-state index is -4.27. The van der Waals surface area contributed by atoms with Crippen LogP contribution in [0.2, 0.25) is 5.15 Å². The van der Waals surface area contributed by atoms with Gasteiger partial charge in [-0.25, -0.2) is 15.0 Å². The van der Waals surface area contributed by atoms with E-state index in [1.165, 1.54) is 0 Å². The van der Waals surface area contributed by atoms with Crippen LogP contribution in [0.15, 0.2) is 0 Å². The van der Waals surface area contributed by atoms with Crippen molar-refractivity contribution in [2.45, 2.75) is 59.9 Å². The van der Waals surface area contributed by atoms with Crippen molar-refractivity contribution in [3.8, 4) is 0 Å². The Balaban J connectivity index is 2.29. The first kappa shape index (κ1) is 32.3. The fourth-order valence-corrected chi connectivity index (χ4v) is 5.92. The van der Waals surface area contributed by atoms with Crippen molar-refractivity contribution in [2.24, 2.45) is 0 Å². The molecule has 0 aromatic carbocycles. The summed E-state index contributed by atoms with van der Waals surface area (Å²) in [5, 5.41) is 0.311. The summed E-state index contributed by atoms with van der Waals surface area (Å²) in [6, 6.07) is 0. The van der Waals surface area contributed by atoms with E-state index in [9.17, 15) is 9.13 Å². The van der Waals surface area contributed by atoms with Gasteiger partial charge in [-0.3, -0.25) is 14.0 Å². The molecule has 212 valence electrons. The summed E-state index contributed by atoms with van der Waals surface area (Å²) < 4.78 is 42.2. The maximum Gasteiger partial charge on any atom is 0.350 e. The first-order chi connectivity index (χ1) is 17.3. The molecule has 2 heterocycles. The number of fused-ring (bicyclic) bond motifs is 1. The molecule has 37 heavy (non-hydrogen) atoms. The number of halogens is 1. The molecule has 0 atom stereocenters. The molecule has 0 spiro atoms. The zero-order chi connectivity index (χ0) is 27.8. The van der Waals surface area contributed by atoms with Crippen molar-refractivity contribution in [1.82, 2.24) is 24.4 Å². The molecule has 2 aromatic heterocycles. The number of imidazole rings is 1. The van der Waals surface area contributed by atoms with Gasteiger partial charge in [0.25, 0.3) is 0 Å². The lowest BCUT2D eigenvalue weighted by Gasteiger charge is -2.25. The molecule has 0 aliphatic heterocycles. The molecule has 2 rings (SSSR count). The van der Waals surface area contributed by atoms with Crippen molar-refractivity contribution in [3.05, 3.63) is 16.8 Å². The van der Waals surface area contributed by atoms with Gasteiger partial charge < -0.3 is 28.1 Å². The molecule has 2 aromatic rings. The lowest BCUT2D eigenvalue weighted by atomic mass is 10.2. The van der Waals surface area contributed by atoms with E-state index in [1.807, 2.05) is 37.2 Å². The zero-order valence-electron chi connectivity index (χ0n) is 22.5. The predicted octanol–water partition coefficient (Wildman–Crippen LogP) is 4.45. The summed E-state index contributed by atoms with van der Waals surface area (Å²) in [7, 11) is -7.54. The fraction of sp³-hybridized carbons (Fsp3) is 0.773. The van der Waals surface area contributed by atoms with Gasteiger partial charge in [-0.2, -0.15) is 0 Å². The lowest BCUT2D eigenvalue weighted by molar-refractivity contribution is 0.121. The van der Waals surface area contributed by atoms with Crippen molar-refractivity contribution < 1.29 is 32.7 Å². The summed E-state index contributed by atoms with van der Waals surface area (Å²) >= 11 is 6.46. The van der Waals surface area contributed by atoms with Crippen LogP contribution >= 0.6 is 26.8 Å². The SMILES string of the molecule is CCOP(=O)(CCN(CCOCP(=O)(O)O)CCn1c(C(C)C)nc2c(Cl)nc(C(C)C)nc21)OCC. The van der Waals surface area contributed by atoms with E-state index in [-0.39, 0.29) is 37.8 Å². The van der Waals surface area contributed by atoms with Crippen molar-refractivity contribution in [1.29, 1.82) is 0 Å². The highest BCUT2D eigenvalue weighted by Gasteiger charge is 2.25. The van der Waals surface area contributed by atoms with E-state index >= 15 is 0 Å². The molecule has 0 fully saturated rings. The third kappa shape index (κ3) is 9.95. The van der Waals surface area contributed by atoms with Crippen molar-refractivity contribution >= 4 is 38.0 Å². The fourth-order valence-electron chi connectivity index (χ4n) is 3.70. The highest BCUT2D eigenvalue weighted by molar-refractivity contribution is 7.53. The first-order valence-corrected chi connectivity index (χ1v) is 16.4. The van der Waals surface area contributed by atoms with E-state index in [4.69, 9.17) is 45.1 Å². The quantitative estimate of drug-likeness (QED) is 0.154. The van der Waals surface area contributed by atoms with Crippen LogP contribution in [0.4, 0.5) is 0 Å². The number of nitrogens with zero attached hydrogens (tertiary/aromatic N) is 5. The topological polar surface area (TPSA) is 149 Å². The molecule has 0 radical (unpaired) electrons. The normalized spacial score (nSPS) is 13.1. The maximum absolute atomic E-state index is 13.0. The minimum Gasteiger partial charge on any atom is -0.367 e. The smallest absolute Gasteiger partial charge is 0.350 e. The molecule has 2 N–H and O–H groups in total. The van der Waals surface area contributed by atoms with Crippen LogP contribution in [0, 0.1) is 0 Å². The molecular weight excluding hydrogens is 544 g/mol. The van der Waals surface area contributed by atoms with Crippen molar-refractivity contribution in [2.75, 3.05) is 52.0 Å². The molecule has 0 saturated heterocycles. The number of rotatable bonds is 17. The van der Waals surface area contributed by atoms with Crippen LogP contribution in [-0.4, -0.2) is 86.2 Å². The predicted molar refractivity (Wildman–Crippen MR) is 144 cm³/mol. The Morgan fingerprint density at radius 2 is 1.62 bits per heavy atom. The molecule has 0 aliphatic carbocycles. The lowest BCUT2D eigenvalue weighted by Crippen LogP contribution is -2.34. The molecule has 0 saturated carbocycles. The van der Waals surface area contributed by atoms with Gasteiger partial charge in [0.1, 0.15) is 23.5 Å². The summed E-state index contributed by atoms with van der Waals surface area (Å²) in [5.74, 6) is 1.63. The second-order valence-corrected chi connectivity index (χ2v) is 13.3. The van der Waals surface area contributed by atoms with E-state index in [2.05, 4.69) is 4.98 Å². The van der Waals surface area contributed by atoms with E-state index in [0.717, 1.165) is 5.82 Å². The van der Waals surface area contributed by atoms with Gasteiger partial charge >= 0.3 is 15.2 Å². The Bertz CT molecular complexity index is 1100. The Morgan fingerprint density at radius 3 is 2.16 bits per heavy atom. The van der Waals surface area contributed by atoms with Gasteiger partial charge in [-0.1, -0.05) is 39.3 Å². The Hall–Kier alpha value is -0.940. The molecule has 0 bridgehead atoms. The highest BCUT2D eigenvalue weighted by atomic mass is 35.5. The first-order valence-electron chi connectivity index (χ1n) is 12.5. The standard InChI is InChI=1S/C22H40ClN5O7P2/c1-7-34-37(32,35-8-2)14-12-27(11-13-33-15-36(29,30)31)9-10-28-21(17(5)6)24-18-19(23)25-20(16(3)4)26-22(18)28/h16-17H,7-15H2,1-6H3,(H2,29,30,31).